The molecule has 1 fully saturated rings. The fourth-order valence-electron chi connectivity index (χ4n) is 3.64. The third-order valence-corrected chi connectivity index (χ3v) is 4.98. The van der Waals surface area contributed by atoms with Gasteiger partial charge in [0, 0.05) is 11.6 Å². The number of fused-ring (bicyclic) bond motifs is 1. The molecule has 0 saturated heterocycles. The molecule has 1 unspecified atom stereocenters. The predicted molar refractivity (Wildman–Crippen MR) is 101 cm³/mol. The van der Waals surface area contributed by atoms with E-state index in [1.165, 1.54) is 4.90 Å². The Morgan fingerprint density at radius 2 is 1.93 bits per heavy atom. The average molecular weight is 366 g/mol. The first-order chi connectivity index (χ1) is 13.1. The molecule has 2 aliphatic rings. The van der Waals surface area contributed by atoms with E-state index in [0.717, 1.165) is 31.2 Å². The number of hydrogen-bond donors (Lipinski definition) is 2. The topological polar surface area (TPSA) is 97.5 Å². The van der Waals surface area contributed by atoms with Gasteiger partial charge in [0.25, 0.3) is 5.91 Å². The number of nitrogens with two attached hydrogens (primary N) is 1. The average Bonchev–Trinajstić information content (AvgIpc) is 3.17. The molecule has 7 heteroatoms. The van der Waals surface area contributed by atoms with Crippen LogP contribution in [0.15, 0.2) is 42.5 Å². The van der Waals surface area contributed by atoms with Crippen molar-refractivity contribution in [3.8, 4) is 5.75 Å². The summed E-state index contributed by atoms with van der Waals surface area (Å²) in [6.45, 7) is -0.106. The van der Waals surface area contributed by atoms with E-state index in [2.05, 4.69) is 10.3 Å². The number of carbonyl (C=O) groups excluding carboxylic acids is 2. The number of aromatic nitrogens is 1. The summed E-state index contributed by atoms with van der Waals surface area (Å²) < 4.78 is 5.89. The number of nitrogens with one attached hydrogen (secondary N) is 1. The maximum absolute atomic E-state index is 13.1. The van der Waals surface area contributed by atoms with Gasteiger partial charge in [-0.15, -0.1) is 0 Å². The highest BCUT2D eigenvalue weighted by atomic mass is 16.5. The normalized spacial score (nSPS) is 19.5. The van der Waals surface area contributed by atoms with E-state index in [4.69, 9.17) is 10.5 Å². The number of anilines is 2. The molecule has 7 nitrogen and oxygen atoms in total. The number of ether oxygens (including phenoxy) is 1. The van der Waals surface area contributed by atoms with Gasteiger partial charge >= 0.3 is 0 Å². The van der Waals surface area contributed by atoms with Crippen LogP contribution in [0.25, 0.3) is 0 Å². The van der Waals surface area contributed by atoms with Crippen LogP contribution in [0.1, 0.15) is 37.4 Å². The van der Waals surface area contributed by atoms with Gasteiger partial charge in [-0.2, -0.15) is 0 Å². The largest absolute Gasteiger partial charge is 0.472 e. The Bertz CT molecular complexity index is 850. The molecule has 0 spiro atoms. The van der Waals surface area contributed by atoms with E-state index >= 15 is 0 Å². The predicted octanol–water partition coefficient (Wildman–Crippen LogP) is 2.19. The van der Waals surface area contributed by atoms with E-state index in [9.17, 15) is 9.59 Å². The van der Waals surface area contributed by atoms with Crippen molar-refractivity contribution >= 4 is 23.5 Å². The molecule has 1 saturated carbocycles. The molecule has 1 aromatic heterocycles. The van der Waals surface area contributed by atoms with Crippen molar-refractivity contribution in [3.05, 3.63) is 48.0 Å². The van der Waals surface area contributed by atoms with Crippen LogP contribution < -0.4 is 20.7 Å². The summed E-state index contributed by atoms with van der Waals surface area (Å²) >= 11 is 0. The number of pyridine rings is 1. The van der Waals surface area contributed by atoms with Crippen molar-refractivity contribution in [2.24, 2.45) is 0 Å². The Balaban J connectivity index is 1.62. The highest BCUT2D eigenvalue weighted by Crippen LogP contribution is 2.37. The Morgan fingerprint density at radius 1 is 1.19 bits per heavy atom. The Morgan fingerprint density at radius 3 is 2.67 bits per heavy atom. The lowest BCUT2D eigenvalue weighted by atomic mass is 10.1. The van der Waals surface area contributed by atoms with Crippen LogP contribution >= 0.6 is 0 Å². The second-order valence-electron chi connectivity index (χ2n) is 6.94. The monoisotopic (exact) mass is 366 g/mol. The van der Waals surface area contributed by atoms with Crippen molar-refractivity contribution in [3.63, 3.8) is 0 Å². The van der Waals surface area contributed by atoms with E-state index in [1.54, 1.807) is 12.1 Å². The van der Waals surface area contributed by atoms with E-state index < -0.39 is 6.10 Å². The quantitative estimate of drug-likeness (QED) is 0.864. The number of carbonyl (C=O) groups is 2. The molecule has 1 aromatic carbocycles. The maximum Gasteiger partial charge on any atom is 0.274 e. The molecular formula is C20H22N4O3. The van der Waals surface area contributed by atoms with Crippen LogP contribution in [0.3, 0.4) is 0 Å². The molecule has 2 heterocycles. The Labute approximate surface area is 157 Å². The molecule has 2 amide bonds. The van der Waals surface area contributed by atoms with Crippen molar-refractivity contribution in [2.45, 2.75) is 37.8 Å². The van der Waals surface area contributed by atoms with Gasteiger partial charge in [-0.25, -0.2) is 4.98 Å². The smallest absolute Gasteiger partial charge is 0.274 e. The molecule has 1 atom stereocenters. The third-order valence-electron chi connectivity index (χ3n) is 4.98. The summed E-state index contributed by atoms with van der Waals surface area (Å²) in [5, 5.41) is 3.01. The standard InChI is InChI=1S/C20H22N4O3/c21-16-11-10-15-19(23-16)24(12-17(25)22-14-8-4-5-9-14)20(26)18(27-15)13-6-2-1-3-7-13/h1-3,6-7,10-11,14,18H,4-5,8-9,12H2,(H2,21,23)(H,22,25). The third kappa shape index (κ3) is 3.58. The minimum atomic E-state index is -0.816. The molecule has 3 N–H and O–H groups in total. The van der Waals surface area contributed by atoms with Crippen LogP contribution in [0.4, 0.5) is 11.6 Å². The maximum atomic E-state index is 13.1. The van der Waals surface area contributed by atoms with Gasteiger partial charge in [0.15, 0.2) is 11.6 Å². The summed E-state index contributed by atoms with van der Waals surface area (Å²) in [4.78, 5) is 31.3. The minimum Gasteiger partial charge on any atom is -0.472 e. The van der Waals surface area contributed by atoms with E-state index in [-0.39, 0.29) is 36.0 Å². The number of amides is 2. The first-order valence-electron chi connectivity index (χ1n) is 9.20. The molecule has 0 radical (unpaired) electrons. The summed E-state index contributed by atoms with van der Waals surface area (Å²) in [5.74, 6) is 0.470. The molecular weight excluding hydrogens is 344 g/mol. The lowest BCUT2D eigenvalue weighted by Crippen LogP contribution is -2.48. The fraction of sp³-hybridized carbons (Fsp3) is 0.350. The number of rotatable bonds is 4. The molecule has 27 heavy (non-hydrogen) atoms. The molecule has 4 rings (SSSR count). The van der Waals surface area contributed by atoms with Crippen molar-refractivity contribution in [1.29, 1.82) is 0 Å². The second-order valence-corrected chi connectivity index (χ2v) is 6.94. The lowest BCUT2D eigenvalue weighted by molar-refractivity contribution is -0.129. The van der Waals surface area contributed by atoms with Crippen LogP contribution in [0.5, 0.6) is 5.75 Å². The zero-order valence-corrected chi connectivity index (χ0v) is 14.9. The SMILES string of the molecule is Nc1ccc2c(n1)N(CC(=O)NC1CCCC1)C(=O)C(c1ccccc1)O2. The van der Waals surface area contributed by atoms with E-state index in [0.29, 0.717) is 5.75 Å². The van der Waals surface area contributed by atoms with Gasteiger partial charge in [-0.3, -0.25) is 14.5 Å². The summed E-state index contributed by atoms with van der Waals surface area (Å²) in [6.07, 6.45) is 3.40. The minimum absolute atomic E-state index is 0.106. The summed E-state index contributed by atoms with van der Waals surface area (Å²) in [5.41, 5.74) is 6.52. The van der Waals surface area contributed by atoms with Gasteiger partial charge < -0.3 is 15.8 Å². The summed E-state index contributed by atoms with van der Waals surface area (Å²) in [7, 11) is 0. The highest BCUT2D eigenvalue weighted by Gasteiger charge is 2.37. The Hall–Kier alpha value is -3.09. The number of benzene rings is 1. The number of nitrogens with zero attached hydrogens (tertiary/aromatic N) is 2. The van der Waals surface area contributed by atoms with Crippen LogP contribution in [-0.4, -0.2) is 29.4 Å². The van der Waals surface area contributed by atoms with Gasteiger partial charge in [-0.1, -0.05) is 43.2 Å². The number of nitrogen functional groups attached to an aromatic ring is 1. The molecule has 0 bridgehead atoms. The molecule has 1 aliphatic carbocycles. The fourth-order valence-corrected chi connectivity index (χ4v) is 3.64. The van der Waals surface area contributed by atoms with Crippen molar-refractivity contribution in [2.75, 3.05) is 17.2 Å². The van der Waals surface area contributed by atoms with Crippen molar-refractivity contribution < 1.29 is 14.3 Å². The van der Waals surface area contributed by atoms with Crippen LogP contribution in [0, 0.1) is 0 Å². The van der Waals surface area contributed by atoms with Crippen LogP contribution in [-0.2, 0) is 9.59 Å². The zero-order valence-electron chi connectivity index (χ0n) is 14.9. The van der Waals surface area contributed by atoms with E-state index in [1.807, 2.05) is 30.3 Å². The van der Waals surface area contributed by atoms with Gasteiger partial charge in [0.05, 0.1) is 0 Å². The molecule has 2 aromatic rings. The first kappa shape index (κ1) is 17.3. The Kier molecular flexibility index (Phi) is 4.66. The molecule has 140 valence electrons. The van der Waals surface area contributed by atoms with Gasteiger partial charge in [0.2, 0.25) is 12.0 Å². The summed E-state index contributed by atoms with van der Waals surface area (Å²) in [6, 6.07) is 12.7. The highest BCUT2D eigenvalue weighted by molar-refractivity contribution is 6.03. The zero-order chi connectivity index (χ0) is 18.8. The molecule has 1 aliphatic heterocycles. The lowest BCUT2D eigenvalue weighted by Gasteiger charge is -2.33. The number of hydrogen-bond acceptors (Lipinski definition) is 5. The second kappa shape index (κ2) is 7.26. The first-order valence-corrected chi connectivity index (χ1v) is 9.20. The van der Waals surface area contributed by atoms with Crippen LogP contribution in [0.2, 0.25) is 0 Å². The van der Waals surface area contributed by atoms with Crippen molar-refractivity contribution in [1.82, 2.24) is 10.3 Å². The van der Waals surface area contributed by atoms with Gasteiger partial charge in [0.1, 0.15) is 12.4 Å². The van der Waals surface area contributed by atoms with Gasteiger partial charge in [-0.05, 0) is 25.0 Å².